The molecule has 1 heterocycles. The lowest BCUT2D eigenvalue weighted by Crippen LogP contribution is -1.94. The van der Waals surface area contributed by atoms with Gasteiger partial charge >= 0.3 is 0 Å². The summed E-state index contributed by atoms with van der Waals surface area (Å²) >= 11 is 0. The lowest BCUT2D eigenvalue weighted by atomic mass is 10.2. The average molecular weight is 244 g/mol. The molecule has 2 nitrogen and oxygen atoms in total. The average Bonchev–Trinajstić information content (AvgIpc) is 2.68. The molecule has 0 unspecified atom stereocenters. The Morgan fingerprint density at radius 3 is 2.22 bits per heavy atom. The van der Waals surface area contributed by atoms with E-state index in [1.54, 1.807) is 0 Å². The van der Waals surface area contributed by atoms with Crippen LogP contribution in [0.2, 0.25) is 0 Å². The van der Waals surface area contributed by atoms with Crippen molar-refractivity contribution in [2.45, 2.75) is 40.0 Å². The maximum Gasteiger partial charge on any atom is 0.0374 e. The Kier molecular flexibility index (Phi) is 6.06. The van der Waals surface area contributed by atoms with Gasteiger partial charge in [-0.15, -0.1) is 0 Å². The lowest BCUT2D eigenvalue weighted by Gasteiger charge is -2.07. The van der Waals surface area contributed by atoms with Crippen LogP contribution in [0.15, 0.2) is 24.4 Å². The molecule has 0 bridgehead atoms. The van der Waals surface area contributed by atoms with Gasteiger partial charge in [0.2, 0.25) is 0 Å². The van der Waals surface area contributed by atoms with Crippen LogP contribution in [0.4, 0.5) is 0 Å². The summed E-state index contributed by atoms with van der Waals surface area (Å²) in [7, 11) is 0. The van der Waals surface area contributed by atoms with Gasteiger partial charge in [0.1, 0.15) is 0 Å². The maximum absolute atomic E-state index is 12.2. The predicted molar refractivity (Wildman–Crippen MR) is 78.1 cm³/mol. The molecule has 18 heavy (non-hydrogen) atoms. The summed E-state index contributed by atoms with van der Waals surface area (Å²) in [5, 5.41) is 12.2. The molecule has 0 N–H and O–H groups in total. The molecule has 1 rings (SSSR count). The van der Waals surface area contributed by atoms with Gasteiger partial charge in [-0.2, -0.15) is 0 Å². The molecule has 0 aliphatic heterocycles. The van der Waals surface area contributed by atoms with Crippen molar-refractivity contribution in [3.63, 3.8) is 0 Å². The Hall–Kier alpha value is -1.70. The summed E-state index contributed by atoms with van der Waals surface area (Å²) in [6.45, 7) is 6.21. The SMILES string of the molecule is CCC=Cc1cn(C=CCC)c(C=CCC)c1[O-]. The van der Waals surface area contributed by atoms with Crippen molar-refractivity contribution in [3.05, 3.63) is 35.7 Å². The van der Waals surface area contributed by atoms with Crippen molar-refractivity contribution in [1.29, 1.82) is 0 Å². The summed E-state index contributed by atoms with van der Waals surface area (Å²) in [6, 6.07) is 0. The lowest BCUT2D eigenvalue weighted by molar-refractivity contribution is -0.268. The molecule has 0 radical (unpaired) electrons. The van der Waals surface area contributed by atoms with Crippen LogP contribution >= 0.6 is 0 Å². The third kappa shape index (κ3) is 3.66. The van der Waals surface area contributed by atoms with E-state index in [1.807, 2.05) is 41.3 Å². The van der Waals surface area contributed by atoms with Gasteiger partial charge in [0.05, 0.1) is 0 Å². The van der Waals surface area contributed by atoms with Gasteiger partial charge in [0.25, 0.3) is 0 Å². The van der Waals surface area contributed by atoms with Crippen molar-refractivity contribution in [2.24, 2.45) is 0 Å². The minimum absolute atomic E-state index is 0.102. The second kappa shape index (κ2) is 7.59. The molecule has 0 aliphatic carbocycles. The van der Waals surface area contributed by atoms with E-state index < -0.39 is 0 Å². The highest BCUT2D eigenvalue weighted by Gasteiger charge is 2.02. The molecular formula is C16H22NO-. The summed E-state index contributed by atoms with van der Waals surface area (Å²) in [6.07, 6.45) is 16.6. The molecule has 0 amide bonds. The Bertz CT molecular complexity index is 450. The van der Waals surface area contributed by atoms with E-state index in [9.17, 15) is 5.11 Å². The molecule has 0 fully saturated rings. The molecule has 0 aliphatic rings. The van der Waals surface area contributed by atoms with Crippen LogP contribution < -0.4 is 5.11 Å². The van der Waals surface area contributed by atoms with E-state index in [-0.39, 0.29) is 5.75 Å². The van der Waals surface area contributed by atoms with Crippen LogP contribution in [-0.2, 0) is 0 Å². The molecule has 2 heteroatoms. The molecule has 0 atom stereocenters. The first-order valence-electron chi connectivity index (χ1n) is 6.66. The van der Waals surface area contributed by atoms with Gasteiger partial charge in [0, 0.05) is 18.1 Å². The van der Waals surface area contributed by atoms with Crippen molar-refractivity contribution < 1.29 is 5.11 Å². The molecule has 98 valence electrons. The van der Waals surface area contributed by atoms with Crippen LogP contribution in [0.5, 0.6) is 5.75 Å². The van der Waals surface area contributed by atoms with Crippen molar-refractivity contribution >= 4 is 18.4 Å². The van der Waals surface area contributed by atoms with E-state index in [2.05, 4.69) is 26.8 Å². The van der Waals surface area contributed by atoms with E-state index in [4.69, 9.17) is 0 Å². The van der Waals surface area contributed by atoms with Crippen molar-refractivity contribution in [2.75, 3.05) is 0 Å². The zero-order valence-corrected chi connectivity index (χ0v) is 11.5. The maximum atomic E-state index is 12.2. The van der Waals surface area contributed by atoms with Crippen molar-refractivity contribution in [1.82, 2.24) is 4.57 Å². The fourth-order valence-electron chi connectivity index (χ4n) is 1.64. The van der Waals surface area contributed by atoms with Crippen molar-refractivity contribution in [3.8, 4) is 5.75 Å². The largest absolute Gasteiger partial charge is 0.871 e. The number of rotatable bonds is 6. The van der Waals surface area contributed by atoms with Crippen LogP contribution in [-0.4, -0.2) is 4.57 Å². The Morgan fingerprint density at radius 1 is 1.00 bits per heavy atom. The highest BCUT2D eigenvalue weighted by atomic mass is 16.3. The van der Waals surface area contributed by atoms with Gasteiger partial charge in [-0.1, -0.05) is 50.8 Å². The summed E-state index contributed by atoms with van der Waals surface area (Å²) in [5.41, 5.74) is 1.49. The van der Waals surface area contributed by atoms with E-state index in [0.717, 1.165) is 30.5 Å². The zero-order valence-electron chi connectivity index (χ0n) is 11.5. The number of allylic oxidation sites excluding steroid dienone is 3. The Labute approximate surface area is 110 Å². The van der Waals surface area contributed by atoms with E-state index >= 15 is 0 Å². The molecule has 0 spiro atoms. The number of nitrogens with zero attached hydrogens (tertiary/aromatic N) is 1. The predicted octanol–water partition coefficient (Wildman–Crippen LogP) is 4.29. The number of hydrogen-bond donors (Lipinski definition) is 0. The van der Waals surface area contributed by atoms with Gasteiger partial charge < -0.3 is 9.67 Å². The van der Waals surface area contributed by atoms with Crippen LogP contribution in [0.3, 0.4) is 0 Å². The summed E-state index contributed by atoms with van der Waals surface area (Å²) < 4.78 is 1.91. The second-order valence-corrected chi connectivity index (χ2v) is 4.12. The van der Waals surface area contributed by atoms with E-state index in [0.29, 0.717) is 0 Å². The Balaban J connectivity index is 3.17. The van der Waals surface area contributed by atoms with Gasteiger partial charge in [-0.25, -0.2) is 0 Å². The molecular weight excluding hydrogens is 222 g/mol. The van der Waals surface area contributed by atoms with Gasteiger partial charge in [-0.05, 0) is 30.9 Å². The molecule has 0 saturated carbocycles. The van der Waals surface area contributed by atoms with E-state index in [1.165, 1.54) is 0 Å². The highest BCUT2D eigenvalue weighted by molar-refractivity contribution is 5.67. The minimum atomic E-state index is 0.102. The van der Waals surface area contributed by atoms with Crippen LogP contribution in [0.25, 0.3) is 18.4 Å². The summed E-state index contributed by atoms with van der Waals surface area (Å²) in [5.74, 6) is 0.102. The smallest absolute Gasteiger partial charge is 0.0374 e. The van der Waals surface area contributed by atoms with Gasteiger partial charge in [-0.3, -0.25) is 0 Å². The second-order valence-electron chi connectivity index (χ2n) is 4.12. The van der Waals surface area contributed by atoms with Gasteiger partial charge in [0.15, 0.2) is 0 Å². The number of aromatic nitrogens is 1. The first-order valence-corrected chi connectivity index (χ1v) is 6.66. The normalized spacial score (nSPS) is 12.4. The first kappa shape index (κ1) is 14.4. The first-order chi connectivity index (χ1) is 8.74. The Morgan fingerprint density at radius 2 is 1.61 bits per heavy atom. The third-order valence-electron chi connectivity index (χ3n) is 2.60. The third-order valence-corrected chi connectivity index (χ3v) is 2.60. The molecule has 0 saturated heterocycles. The fraction of sp³-hybridized carbons (Fsp3) is 0.375. The zero-order chi connectivity index (χ0) is 13.4. The monoisotopic (exact) mass is 244 g/mol. The molecule has 0 aromatic carbocycles. The fourth-order valence-corrected chi connectivity index (χ4v) is 1.64. The topological polar surface area (TPSA) is 28.0 Å². The standard InChI is InChI=1S/C16H23NO/c1-4-7-10-14-13-17(12-9-6-3)15(16(14)18)11-8-5-2/h7-13,18H,4-6H2,1-3H3/p-1. The minimum Gasteiger partial charge on any atom is -0.871 e. The van der Waals surface area contributed by atoms with Crippen LogP contribution in [0, 0.1) is 0 Å². The quantitative estimate of drug-likeness (QED) is 0.733. The van der Waals surface area contributed by atoms with Crippen LogP contribution in [0.1, 0.15) is 51.3 Å². The summed E-state index contributed by atoms with van der Waals surface area (Å²) in [4.78, 5) is 0. The molecule has 1 aromatic heterocycles. The highest BCUT2D eigenvalue weighted by Crippen LogP contribution is 2.25. The number of hydrogen-bond acceptors (Lipinski definition) is 1. The molecule has 1 aromatic rings.